The third kappa shape index (κ3) is 4.39. The molecule has 0 spiro atoms. The molecule has 3 N–H and O–H groups in total. The van der Waals surface area contributed by atoms with E-state index in [0.29, 0.717) is 25.9 Å². The Morgan fingerprint density at radius 2 is 2.07 bits per heavy atom. The molecule has 3 unspecified atom stereocenters. The van der Waals surface area contributed by atoms with Crippen LogP contribution in [0.3, 0.4) is 0 Å². The van der Waals surface area contributed by atoms with E-state index in [-0.39, 0.29) is 29.7 Å². The van der Waals surface area contributed by atoms with E-state index < -0.39 is 0 Å². The summed E-state index contributed by atoms with van der Waals surface area (Å²) in [6.07, 6.45) is 0.937. The zero-order valence-corrected chi connectivity index (χ0v) is 16.7. The van der Waals surface area contributed by atoms with E-state index in [1.165, 1.54) is 0 Å². The Labute approximate surface area is 164 Å². The maximum atomic E-state index is 13.0. The molecule has 2 amide bonds. The van der Waals surface area contributed by atoms with Crippen molar-refractivity contribution in [3.63, 3.8) is 0 Å². The Hall–Kier alpha value is -2.18. The number of aryl methyl sites for hydroxylation is 1. The van der Waals surface area contributed by atoms with E-state index in [4.69, 9.17) is 5.73 Å². The van der Waals surface area contributed by atoms with Crippen molar-refractivity contribution < 1.29 is 9.59 Å². The zero-order chi connectivity index (χ0) is 19.4. The number of carbonyl (C=O) groups is 2. The highest BCUT2D eigenvalue weighted by atomic mass is 32.1. The fourth-order valence-corrected chi connectivity index (χ4v) is 4.33. The molecule has 1 aromatic carbocycles. The van der Waals surface area contributed by atoms with Crippen LogP contribution in [-0.2, 0) is 9.59 Å². The minimum absolute atomic E-state index is 0.00156. The Kier molecular flexibility index (Phi) is 6.29. The van der Waals surface area contributed by atoms with Crippen LogP contribution in [-0.4, -0.2) is 24.9 Å². The topological polar surface area (TPSA) is 75.4 Å². The highest BCUT2D eigenvalue weighted by molar-refractivity contribution is 7.10. The average Bonchev–Trinajstić information content (AvgIpc) is 3.20. The fourth-order valence-electron chi connectivity index (χ4n) is 3.45. The number of nitrogens with zero attached hydrogens (tertiary/aromatic N) is 1. The molecule has 27 heavy (non-hydrogen) atoms. The molecule has 1 saturated heterocycles. The molecule has 144 valence electrons. The Morgan fingerprint density at radius 1 is 1.33 bits per heavy atom. The second-order valence-corrected chi connectivity index (χ2v) is 8.27. The second-order valence-electron chi connectivity index (χ2n) is 7.29. The predicted octanol–water partition coefficient (Wildman–Crippen LogP) is 3.25. The first-order chi connectivity index (χ1) is 13.0. The van der Waals surface area contributed by atoms with E-state index in [9.17, 15) is 9.59 Å². The average molecular weight is 386 g/mol. The van der Waals surface area contributed by atoms with Gasteiger partial charge < -0.3 is 16.0 Å². The SMILES string of the molecule is Cc1ccc(N2C(=O)CCC(C(=O)NCC(C)CN)C2c2cccs2)cc1. The maximum Gasteiger partial charge on any atom is 0.227 e. The zero-order valence-electron chi connectivity index (χ0n) is 15.9. The predicted molar refractivity (Wildman–Crippen MR) is 110 cm³/mol. The third-order valence-electron chi connectivity index (χ3n) is 5.11. The van der Waals surface area contributed by atoms with E-state index >= 15 is 0 Å². The standard InChI is InChI=1S/C21H27N3O2S/c1-14-5-7-16(8-6-14)24-19(25)10-9-17(20(24)18-4-3-11-27-18)21(26)23-13-15(2)12-22/h3-8,11,15,17,20H,9-10,12-13,22H2,1-2H3,(H,23,26). The molecular weight excluding hydrogens is 358 g/mol. The van der Waals surface area contributed by atoms with Crippen molar-refractivity contribution in [1.82, 2.24) is 5.32 Å². The van der Waals surface area contributed by atoms with Gasteiger partial charge in [0.25, 0.3) is 0 Å². The maximum absolute atomic E-state index is 13.0. The van der Waals surface area contributed by atoms with Crippen LogP contribution < -0.4 is 16.0 Å². The molecule has 0 aliphatic carbocycles. The highest BCUT2D eigenvalue weighted by Crippen LogP contribution is 2.41. The first-order valence-electron chi connectivity index (χ1n) is 9.41. The second kappa shape index (κ2) is 8.67. The van der Waals surface area contributed by atoms with Crippen LogP contribution in [0.5, 0.6) is 0 Å². The number of nitrogens with one attached hydrogen (secondary N) is 1. The third-order valence-corrected chi connectivity index (χ3v) is 6.05. The van der Waals surface area contributed by atoms with Crippen molar-refractivity contribution in [2.24, 2.45) is 17.6 Å². The molecule has 1 aliphatic rings. The minimum atomic E-state index is -0.276. The first-order valence-corrected chi connectivity index (χ1v) is 10.3. The number of benzene rings is 1. The molecule has 1 aliphatic heterocycles. The van der Waals surface area contributed by atoms with Crippen LogP contribution in [0.1, 0.15) is 36.2 Å². The molecule has 3 atom stereocenters. The smallest absolute Gasteiger partial charge is 0.227 e. The van der Waals surface area contributed by atoms with Crippen molar-refractivity contribution >= 4 is 28.8 Å². The number of amides is 2. The molecule has 1 aromatic heterocycles. The van der Waals surface area contributed by atoms with Crippen LogP contribution in [0.25, 0.3) is 0 Å². The molecule has 0 saturated carbocycles. The minimum Gasteiger partial charge on any atom is -0.355 e. The summed E-state index contributed by atoms with van der Waals surface area (Å²) in [4.78, 5) is 28.7. The summed E-state index contributed by atoms with van der Waals surface area (Å²) in [5, 5.41) is 5.03. The van der Waals surface area contributed by atoms with Gasteiger partial charge in [0.1, 0.15) is 0 Å². The number of carbonyl (C=O) groups excluding carboxylic acids is 2. The van der Waals surface area contributed by atoms with Crippen molar-refractivity contribution in [3.8, 4) is 0 Å². The molecule has 5 nitrogen and oxygen atoms in total. The van der Waals surface area contributed by atoms with Gasteiger partial charge in [-0.25, -0.2) is 0 Å². The summed E-state index contributed by atoms with van der Waals surface area (Å²) in [5.74, 6) is 0.0233. The lowest BCUT2D eigenvalue weighted by atomic mass is 9.86. The number of hydrogen-bond donors (Lipinski definition) is 2. The lowest BCUT2D eigenvalue weighted by Crippen LogP contribution is -2.48. The number of thiophene rings is 1. The van der Waals surface area contributed by atoms with Gasteiger partial charge in [0.2, 0.25) is 11.8 Å². The summed E-state index contributed by atoms with van der Waals surface area (Å²) in [6, 6.07) is 11.6. The molecule has 1 fully saturated rings. The van der Waals surface area contributed by atoms with Gasteiger partial charge in [-0.1, -0.05) is 30.7 Å². The van der Waals surface area contributed by atoms with Gasteiger partial charge in [-0.2, -0.15) is 0 Å². The van der Waals surface area contributed by atoms with E-state index in [2.05, 4.69) is 5.32 Å². The van der Waals surface area contributed by atoms with Crippen molar-refractivity contribution in [2.75, 3.05) is 18.0 Å². The van der Waals surface area contributed by atoms with Crippen LogP contribution in [0.15, 0.2) is 41.8 Å². The van der Waals surface area contributed by atoms with E-state index in [0.717, 1.165) is 16.1 Å². The lowest BCUT2D eigenvalue weighted by Gasteiger charge is -2.40. The molecule has 0 bridgehead atoms. The number of nitrogens with two attached hydrogens (primary N) is 1. The van der Waals surface area contributed by atoms with Gasteiger partial charge in [0, 0.05) is 23.5 Å². The van der Waals surface area contributed by atoms with Gasteiger partial charge in [-0.15, -0.1) is 11.3 Å². The normalized spacial score (nSPS) is 21.1. The molecule has 0 radical (unpaired) electrons. The molecular formula is C21H27N3O2S. The largest absolute Gasteiger partial charge is 0.355 e. The monoisotopic (exact) mass is 385 g/mol. The molecule has 3 rings (SSSR count). The van der Waals surface area contributed by atoms with Crippen LogP contribution in [0.4, 0.5) is 5.69 Å². The lowest BCUT2D eigenvalue weighted by molar-refractivity contribution is -0.129. The number of rotatable bonds is 6. The summed E-state index contributed by atoms with van der Waals surface area (Å²) in [5.41, 5.74) is 7.65. The van der Waals surface area contributed by atoms with E-state index in [1.807, 2.05) is 60.5 Å². The summed E-state index contributed by atoms with van der Waals surface area (Å²) in [7, 11) is 0. The summed E-state index contributed by atoms with van der Waals surface area (Å²) >= 11 is 1.59. The van der Waals surface area contributed by atoms with Gasteiger partial charge in [-0.05, 0) is 49.4 Å². The molecule has 2 aromatic rings. The Morgan fingerprint density at radius 3 is 2.70 bits per heavy atom. The van der Waals surface area contributed by atoms with Gasteiger partial charge >= 0.3 is 0 Å². The van der Waals surface area contributed by atoms with Gasteiger partial charge in [0.15, 0.2) is 0 Å². The molecule has 2 heterocycles. The van der Waals surface area contributed by atoms with Crippen LogP contribution in [0, 0.1) is 18.8 Å². The van der Waals surface area contributed by atoms with E-state index in [1.54, 1.807) is 11.3 Å². The Bertz CT molecular complexity index is 773. The molecule has 6 heteroatoms. The Balaban J connectivity index is 1.92. The van der Waals surface area contributed by atoms with Gasteiger partial charge in [0.05, 0.1) is 12.0 Å². The number of hydrogen-bond acceptors (Lipinski definition) is 4. The number of anilines is 1. The van der Waals surface area contributed by atoms with Crippen LogP contribution in [0.2, 0.25) is 0 Å². The number of piperidine rings is 1. The summed E-state index contributed by atoms with van der Waals surface area (Å²) in [6.45, 7) is 5.13. The van der Waals surface area contributed by atoms with Crippen LogP contribution >= 0.6 is 11.3 Å². The fraction of sp³-hybridized carbons (Fsp3) is 0.429. The quantitative estimate of drug-likeness (QED) is 0.801. The highest BCUT2D eigenvalue weighted by Gasteiger charge is 2.41. The summed E-state index contributed by atoms with van der Waals surface area (Å²) < 4.78 is 0. The van der Waals surface area contributed by atoms with Crippen molar-refractivity contribution in [1.29, 1.82) is 0 Å². The van der Waals surface area contributed by atoms with Crippen molar-refractivity contribution in [3.05, 3.63) is 52.2 Å². The first kappa shape index (κ1) is 19.6. The van der Waals surface area contributed by atoms with Crippen molar-refractivity contribution in [2.45, 2.75) is 32.7 Å². The van der Waals surface area contributed by atoms with Gasteiger partial charge in [-0.3, -0.25) is 9.59 Å².